The lowest BCUT2D eigenvalue weighted by Gasteiger charge is -2.31. The number of aromatic amines is 1. The Labute approximate surface area is 193 Å². The molecule has 1 aromatic carbocycles. The maximum Gasteiger partial charge on any atom is 0.417 e. The smallest absolute Gasteiger partial charge is 0.385 e. The molecule has 3 aromatic rings. The highest BCUT2D eigenvalue weighted by molar-refractivity contribution is 7.99. The number of aliphatic hydroxyl groups is 1. The van der Waals surface area contributed by atoms with Gasteiger partial charge in [0.1, 0.15) is 22.0 Å². The molecule has 1 aliphatic rings. The second kappa shape index (κ2) is 8.92. The maximum absolute atomic E-state index is 13.5. The van der Waals surface area contributed by atoms with E-state index in [0.717, 1.165) is 23.9 Å². The number of H-pyrrole nitrogens is 1. The number of aliphatic hydroxyl groups excluding tert-OH is 1. The summed E-state index contributed by atoms with van der Waals surface area (Å²) in [6.07, 6.45) is -4.10. The Hall–Kier alpha value is -2.70. The standard InChI is InChI=1S/C20H16ClF4N5O2S/c1-9(31)17-27-13-8-30(14-7-26-29-18(32)16(14)21)5-4-11(13)19(28-17)33-15-3-2-10(22)6-12(15)20(23,24)25/h2-3,6-7,9,31H,4-5,8H2,1H3,(H,29,32). The van der Waals surface area contributed by atoms with Crippen LogP contribution in [0.15, 0.2) is 39.1 Å². The van der Waals surface area contributed by atoms with Crippen LogP contribution in [0.5, 0.6) is 0 Å². The van der Waals surface area contributed by atoms with E-state index < -0.39 is 29.2 Å². The van der Waals surface area contributed by atoms with Crippen molar-refractivity contribution >= 4 is 29.1 Å². The molecule has 0 bridgehead atoms. The first kappa shape index (κ1) is 23.5. The molecule has 0 fully saturated rings. The Kier molecular flexibility index (Phi) is 6.34. The second-order valence-corrected chi connectivity index (χ2v) is 8.71. The van der Waals surface area contributed by atoms with Crippen LogP contribution in [0.2, 0.25) is 5.02 Å². The number of nitrogens with zero attached hydrogens (tertiary/aromatic N) is 4. The number of halogens is 5. The van der Waals surface area contributed by atoms with Gasteiger partial charge in [-0.05, 0) is 31.5 Å². The summed E-state index contributed by atoms with van der Waals surface area (Å²) >= 11 is 6.85. The first-order chi connectivity index (χ1) is 15.5. The number of aromatic nitrogens is 4. The average molecular weight is 502 g/mol. The van der Waals surface area contributed by atoms with Gasteiger partial charge in [-0.15, -0.1) is 0 Å². The van der Waals surface area contributed by atoms with Crippen molar-refractivity contribution in [3.63, 3.8) is 0 Å². The molecule has 33 heavy (non-hydrogen) atoms. The number of hydrogen-bond acceptors (Lipinski definition) is 7. The number of fused-ring (bicyclic) bond motifs is 1. The van der Waals surface area contributed by atoms with Gasteiger partial charge < -0.3 is 10.0 Å². The fourth-order valence-electron chi connectivity index (χ4n) is 3.40. The summed E-state index contributed by atoms with van der Waals surface area (Å²) in [5.74, 6) is -0.969. The summed E-state index contributed by atoms with van der Waals surface area (Å²) in [6, 6.07) is 2.44. The summed E-state index contributed by atoms with van der Waals surface area (Å²) in [5.41, 5.74) is -0.208. The highest BCUT2D eigenvalue weighted by atomic mass is 35.5. The van der Waals surface area contributed by atoms with Gasteiger partial charge in [-0.25, -0.2) is 19.5 Å². The molecule has 0 radical (unpaired) electrons. The normalized spacial score (nSPS) is 14.8. The third-order valence-electron chi connectivity index (χ3n) is 4.99. The van der Waals surface area contributed by atoms with Gasteiger partial charge in [0.05, 0.1) is 29.7 Å². The number of rotatable bonds is 4. The number of nitrogens with one attached hydrogen (secondary N) is 1. The second-order valence-electron chi connectivity index (χ2n) is 7.30. The fraction of sp³-hybridized carbons (Fsp3) is 0.300. The van der Waals surface area contributed by atoms with Gasteiger partial charge in [0.15, 0.2) is 5.82 Å². The van der Waals surface area contributed by atoms with Crippen molar-refractivity contribution in [3.8, 4) is 0 Å². The predicted molar refractivity (Wildman–Crippen MR) is 113 cm³/mol. The number of alkyl halides is 3. The quantitative estimate of drug-likeness (QED) is 0.410. The Bertz CT molecular complexity index is 1270. The summed E-state index contributed by atoms with van der Waals surface area (Å²) in [7, 11) is 0. The highest BCUT2D eigenvalue weighted by Crippen LogP contribution is 2.41. The van der Waals surface area contributed by atoms with E-state index in [1.807, 2.05) is 0 Å². The SMILES string of the molecule is CC(O)c1nc2c(c(Sc3ccc(F)cc3C(F)(F)F)n1)CCN(c1cn[nH]c(=O)c1Cl)C2. The van der Waals surface area contributed by atoms with Crippen LogP contribution in [0, 0.1) is 5.82 Å². The zero-order valence-corrected chi connectivity index (χ0v) is 18.5. The Morgan fingerprint density at radius 1 is 1.30 bits per heavy atom. The summed E-state index contributed by atoms with van der Waals surface area (Å²) in [4.78, 5) is 22.0. The molecule has 3 heterocycles. The van der Waals surface area contributed by atoms with Gasteiger partial charge in [-0.2, -0.15) is 18.3 Å². The van der Waals surface area contributed by atoms with E-state index in [1.165, 1.54) is 13.1 Å². The molecule has 1 unspecified atom stereocenters. The average Bonchev–Trinajstić information content (AvgIpc) is 2.75. The van der Waals surface area contributed by atoms with E-state index in [9.17, 15) is 27.5 Å². The summed E-state index contributed by atoms with van der Waals surface area (Å²) < 4.78 is 54.0. The molecule has 0 amide bonds. The molecule has 2 aromatic heterocycles. The van der Waals surface area contributed by atoms with E-state index in [4.69, 9.17) is 11.6 Å². The van der Waals surface area contributed by atoms with Crippen LogP contribution >= 0.6 is 23.4 Å². The molecule has 1 atom stereocenters. The molecule has 1 aliphatic heterocycles. The lowest BCUT2D eigenvalue weighted by Crippen LogP contribution is -2.33. The molecular weight excluding hydrogens is 486 g/mol. The first-order valence-electron chi connectivity index (χ1n) is 9.65. The topological polar surface area (TPSA) is 95.0 Å². The highest BCUT2D eigenvalue weighted by Gasteiger charge is 2.35. The monoisotopic (exact) mass is 501 g/mol. The molecular formula is C20H16ClF4N5O2S. The van der Waals surface area contributed by atoms with Gasteiger partial charge in [0.25, 0.3) is 5.56 Å². The van der Waals surface area contributed by atoms with E-state index in [1.54, 1.807) is 4.90 Å². The van der Waals surface area contributed by atoms with Crippen molar-refractivity contribution in [1.29, 1.82) is 0 Å². The Morgan fingerprint density at radius 2 is 2.06 bits per heavy atom. The van der Waals surface area contributed by atoms with Crippen molar-refractivity contribution in [2.75, 3.05) is 11.4 Å². The van der Waals surface area contributed by atoms with Crippen LogP contribution < -0.4 is 10.5 Å². The van der Waals surface area contributed by atoms with Gasteiger partial charge in [-0.1, -0.05) is 23.4 Å². The largest absolute Gasteiger partial charge is 0.417 e. The van der Waals surface area contributed by atoms with Crippen LogP contribution in [-0.2, 0) is 19.1 Å². The van der Waals surface area contributed by atoms with Crippen LogP contribution in [0.25, 0.3) is 0 Å². The van der Waals surface area contributed by atoms with Crippen molar-refractivity contribution in [2.24, 2.45) is 0 Å². The van der Waals surface area contributed by atoms with Crippen molar-refractivity contribution in [2.45, 2.75) is 42.1 Å². The van der Waals surface area contributed by atoms with Gasteiger partial charge in [-0.3, -0.25) is 4.79 Å². The lowest BCUT2D eigenvalue weighted by atomic mass is 10.1. The minimum absolute atomic E-state index is 0.0314. The van der Waals surface area contributed by atoms with Gasteiger partial charge in [0.2, 0.25) is 0 Å². The summed E-state index contributed by atoms with van der Waals surface area (Å²) in [6.45, 7) is 1.98. The number of hydrogen-bond donors (Lipinski definition) is 2. The minimum Gasteiger partial charge on any atom is -0.385 e. The van der Waals surface area contributed by atoms with Crippen molar-refractivity contribution in [1.82, 2.24) is 20.2 Å². The first-order valence-corrected chi connectivity index (χ1v) is 10.8. The van der Waals surface area contributed by atoms with Crippen LogP contribution in [0.1, 0.15) is 35.7 Å². The minimum atomic E-state index is -4.76. The van der Waals surface area contributed by atoms with Crippen LogP contribution in [0.3, 0.4) is 0 Å². The number of benzene rings is 1. The number of anilines is 1. The fourth-order valence-corrected chi connectivity index (χ4v) is 4.72. The van der Waals surface area contributed by atoms with E-state index in [-0.39, 0.29) is 27.3 Å². The Morgan fingerprint density at radius 3 is 2.76 bits per heavy atom. The molecule has 2 N–H and O–H groups in total. The molecule has 7 nitrogen and oxygen atoms in total. The molecule has 174 valence electrons. The predicted octanol–water partition coefficient (Wildman–Crippen LogP) is 4.14. The van der Waals surface area contributed by atoms with Crippen molar-refractivity contribution in [3.05, 3.63) is 68.2 Å². The van der Waals surface area contributed by atoms with E-state index in [0.29, 0.717) is 36.0 Å². The van der Waals surface area contributed by atoms with Gasteiger partial charge >= 0.3 is 6.18 Å². The Balaban J connectivity index is 1.76. The third-order valence-corrected chi connectivity index (χ3v) is 6.46. The summed E-state index contributed by atoms with van der Waals surface area (Å²) in [5, 5.41) is 16.2. The van der Waals surface area contributed by atoms with Crippen molar-refractivity contribution < 1.29 is 22.7 Å². The lowest BCUT2D eigenvalue weighted by molar-refractivity contribution is -0.139. The zero-order valence-electron chi connectivity index (χ0n) is 17.0. The van der Waals surface area contributed by atoms with E-state index >= 15 is 0 Å². The van der Waals surface area contributed by atoms with E-state index in [2.05, 4.69) is 20.2 Å². The molecule has 4 rings (SSSR count). The molecule has 0 saturated heterocycles. The molecule has 0 saturated carbocycles. The zero-order chi connectivity index (χ0) is 23.9. The van der Waals surface area contributed by atoms with Gasteiger partial charge in [0, 0.05) is 17.0 Å². The van der Waals surface area contributed by atoms with Crippen LogP contribution in [0.4, 0.5) is 23.2 Å². The molecule has 13 heteroatoms. The molecule has 0 spiro atoms. The maximum atomic E-state index is 13.5. The molecule has 0 aliphatic carbocycles. The third kappa shape index (κ3) is 4.82. The van der Waals surface area contributed by atoms with Crippen LogP contribution in [-0.4, -0.2) is 31.8 Å².